The molecule has 10 aromatic rings. The van der Waals surface area contributed by atoms with E-state index in [-0.39, 0.29) is 0 Å². The highest BCUT2D eigenvalue weighted by molar-refractivity contribution is 6.25. The summed E-state index contributed by atoms with van der Waals surface area (Å²) in [5.74, 6) is 0. The van der Waals surface area contributed by atoms with Crippen LogP contribution in [0.3, 0.4) is 0 Å². The molecule has 2 aliphatic rings. The van der Waals surface area contributed by atoms with E-state index in [1.54, 1.807) is 0 Å². The second kappa shape index (κ2) is 13.5. The van der Waals surface area contributed by atoms with E-state index in [0.29, 0.717) is 22.3 Å². The highest BCUT2D eigenvalue weighted by Crippen LogP contribution is 2.59. The van der Waals surface area contributed by atoms with E-state index < -0.39 is 22.0 Å². The predicted molar refractivity (Wildman–Crippen MR) is 260 cm³/mol. The maximum absolute atomic E-state index is 13.9. The third kappa shape index (κ3) is 5.05. The van der Waals surface area contributed by atoms with Crippen LogP contribution in [0, 0.1) is 0 Å². The first kappa shape index (κ1) is 38.3. The predicted octanol–water partition coefficient (Wildman–Crippen LogP) is 14.3. The van der Waals surface area contributed by atoms with Gasteiger partial charge in [-0.15, -0.1) is 0 Å². The molecule has 302 valence electrons. The SMILES string of the molecule is CC.CC1(C)c2cc3c(cc2C(C)(C)c2cc4c5ccccc5c5ccccc5c4cc21)C(O)(c1ccc2ccccc2c1)c1ccccc1C3(O)c1ccc2ccccc2c1. The van der Waals surface area contributed by atoms with Gasteiger partial charge in [0, 0.05) is 10.8 Å². The molecule has 0 radical (unpaired) electrons. The molecular weight excluding hydrogens is 753 g/mol. The van der Waals surface area contributed by atoms with Crippen LogP contribution < -0.4 is 0 Å². The summed E-state index contributed by atoms with van der Waals surface area (Å²) < 4.78 is 0. The Balaban J connectivity index is 0.00000213. The van der Waals surface area contributed by atoms with Crippen molar-refractivity contribution < 1.29 is 10.2 Å². The molecule has 0 saturated heterocycles. The zero-order chi connectivity index (χ0) is 42.8. The molecule has 0 saturated carbocycles. The molecule has 0 bridgehead atoms. The van der Waals surface area contributed by atoms with Crippen molar-refractivity contribution in [2.45, 2.75) is 63.6 Å². The minimum absolute atomic E-state index is 0.460. The van der Waals surface area contributed by atoms with E-state index in [2.05, 4.69) is 161 Å². The number of aliphatic hydroxyl groups is 2. The molecular formula is C60H50O2. The van der Waals surface area contributed by atoms with Gasteiger partial charge in [-0.1, -0.05) is 199 Å². The van der Waals surface area contributed by atoms with Gasteiger partial charge >= 0.3 is 0 Å². The summed E-state index contributed by atoms with van der Waals surface area (Å²) in [4.78, 5) is 0. The molecule has 2 unspecified atom stereocenters. The van der Waals surface area contributed by atoms with Crippen molar-refractivity contribution in [2.24, 2.45) is 0 Å². The van der Waals surface area contributed by atoms with E-state index in [1.165, 1.54) is 43.4 Å². The summed E-state index contributed by atoms with van der Waals surface area (Å²) in [6.45, 7) is 13.3. The molecule has 0 aromatic heterocycles. The topological polar surface area (TPSA) is 40.5 Å². The maximum Gasteiger partial charge on any atom is 0.141 e. The van der Waals surface area contributed by atoms with Crippen LogP contribution in [0.4, 0.5) is 0 Å². The van der Waals surface area contributed by atoms with E-state index in [1.807, 2.05) is 62.4 Å². The van der Waals surface area contributed by atoms with Gasteiger partial charge in [0.25, 0.3) is 0 Å². The van der Waals surface area contributed by atoms with Crippen molar-refractivity contribution >= 4 is 53.9 Å². The lowest BCUT2D eigenvalue weighted by atomic mass is 9.56. The summed E-state index contributed by atoms with van der Waals surface area (Å²) in [7, 11) is 0. The molecule has 2 aliphatic carbocycles. The number of hydrogen-bond donors (Lipinski definition) is 2. The molecule has 2 heteroatoms. The molecule has 10 aromatic carbocycles. The Morgan fingerprint density at radius 1 is 0.274 bits per heavy atom. The fourth-order valence-electron chi connectivity index (χ4n) is 11.4. The molecule has 0 fully saturated rings. The van der Waals surface area contributed by atoms with Gasteiger partial charge in [0.2, 0.25) is 0 Å². The first-order chi connectivity index (χ1) is 30.0. The average Bonchev–Trinajstić information content (AvgIpc) is 3.32. The van der Waals surface area contributed by atoms with Crippen molar-refractivity contribution in [3.63, 3.8) is 0 Å². The maximum atomic E-state index is 13.9. The Kier molecular flexibility index (Phi) is 8.32. The molecule has 0 aliphatic heterocycles. The normalized spacial score (nSPS) is 19.4. The lowest BCUT2D eigenvalue weighted by molar-refractivity contribution is 0.0745. The van der Waals surface area contributed by atoms with Gasteiger partial charge in [-0.05, 0) is 134 Å². The first-order valence-corrected chi connectivity index (χ1v) is 22.1. The van der Waals surface area contributed by atoms with Crippen LogP contribution in [0.25, 0.3) is 53.9 Å². The van der Waals surface area contributed by atoms with Crippen LogP contribution in [-0.2, 0) is 22.0 Å². The quantitative estimate of drug-likeness (QED) is 0.171. The highest BCUT2D eigenvalue weighted by Gasteiger charge is 2.53. The molecule has 2 atom stereocenters. The van der Waals surface area contributed by atoms with Gasteiger partial charge < -0.3 is 10.2 Å². The fourth-order valence-corrected chi connectivity index (χ4v) is 11.4. The average molecular weight is 803 g/mol. The van der Waals surface area contributed by atoms with Gasteiger partial charge in [-0.2, -0.15) is 0 Å². The van der Waals surface area contributed by atoms with E-state index in [4.69, 9.17) is 0 Å². The van der Waals surface area contributed by atoms with Gasteiger partial charge in [-0.25, -0.2) is 0 Å². The van der Waals surface area contributed by atoms with Crippen molar-refractivity contribution in [3.05, 3.63) is 238 Å². The summed E-state index contributed by atoms with van der Waals surface area (Å²) in [5.41, 5.74) is 5.11. The Labute approximate surface area is 363 Å². The summed E-state index contributed by atoms with van der Waals surface area (Å²) in [6.07, 6.45) is 0. The zero-order valence-corrected chi connectivity index (χ0v) is 36.2. The van der Waals surface area contributed by atoms with Crippen LogP contribution in [0.1, 0.15) is 97.2 Å². The van der Waals surface area contributed by atoms with Crippen molar-refractivity contribution in [1.29, 1.82) is 0 Å². The van der Waals surface area contributed by atoms with Gasteiger partial charge in [0.15, 0.2) is 0 Å². The molecule has 0 heterocycles. The number of hydrogen-bond acceptors (Lipinski definition) is 2. The van der Waals surface area contributed by atoms with Crippen molar-refractivity contribution in [1.82, 2.24) is 0 Å². The molecule has 2 nitrogen and oxygen atoms in total. The molecule has 62 heavy (non-hydrogen) atoms. The first-order valence-electron chi connectivity index (χ1n) is 22.1. The van der Waals surface area contributed by atoms with Gasteiger partial charge in [-0.3, -0.25) is 0 Å². The van der Waals surface area contributed by atoms with Crippen LogP contribution in [0.2, 0.25) is 0 Å². The standard InChI is InChI=1S/C58H44O2.C2H6/c1-55(2)49-31-45-43-21-11-9-19-41(43)42-20-10-12-22-44(42)46(45)32-50(49)56(3,4)52-34-54-53(33-51(52)55)57(59,39-27-25-35-15-5-7-17-37(35)29-39)47-23-13-14-24-48(47)58(54,60)40-28-26-36-16-6-8-18-38(36)30-40;1-2/h5-34,59-60H,1-4H3;1-2H3. The van der Waals surface area contributed by atoms with Crippen molar-refractivity contribution in [2.75, 3.05) is 0 Å². The van der Waals surface area contributed by atoms with E-state index >= 15 is 0 Å². The molecule has 0 amide bonds. The van der Waals surface area contributed by atoms with Crippen LogP contribution >= 0.6 is 0 Å². The monoisotopic (exact) mass is 802 g/mol. The Morgan fingerprint density at radius 3 is 0.968 bits per heavy atom. The van der Waals surface area contributed by atoms with Gasteiger partial charge in [0.05, 0.1) is 0 Å². The van der Waals surface area contributed by atoms with Crippen LogP contribution in [0.5, 0.6) is 0 Å². The number of benzene rings is 10. The van der Waals surface area contributed by atoms with Crippen LogP contribution in [-0.4, -0.2) is 10.2 Å². The highest BCUT2D eigenvalue weighted by atomic mass is 16.3. The zero-order valence-electron chi connectivity index (χ0n) is 36.2. The second-order valence-electron chi connectivity index (χ2n) is 18.3. The Hall–Kier alpha value is -6.58. The summed E-state index contributed by atoms with van der Waals surface area (Å²) in [6, 6.07) is 64.2. The third-order valence-corrected chi connectivity index (χ3v) is 14.6. The van der Waals surface area contributed by atoms with Crippen LogP contribution in [0.15, 0.2) is 182 Å². The fraction of sp³-hybridized carbons (Fsp3) is 0.167. The van der Waals surface area contributed by atoms with Gasteiger partial charge in [0.1, 0.15) is 11.2 Å². The Morgan fingerprint density at radius 2 is 0.581 bits per heavy atom. The molecule has 0 spiro atoms. The number of fused-ring (bicyclic) bond motifs is 12. The lowest BCUT2D eigenvalue weighted by Gasteiger charge is -2.49. The van der Waals surface area contributed by atoms with E-state index in [9.17, 15) is 10.2 Å². The molecule has 2 N–H and O–H groups in total. The second-order valence-corrected chi connectivity index (χ2v) is 18.3. The Bertz CT molecular complexity index is 3250. The van der Waals surface area contributed by atoms with E-state index in [0.717, 1.165) is 43.8 Å². The van der Waals surface area contributed by atoms with Crippen molar-refractivity contribution in [3.8, 4) is 0 Å². The number of rotatable bonds is 2. The largest absolute Gasteiger partial charge is 0.376 e. The smallest absolute Gasteiger partial charge is 0.141 e. The minimum Gasteiger partial charge on any atom is -0.376 e. The lowest BCUT2D eigenvalue weighted by Crippen LogP contribution is -2.46. The molecule has 12 rings (SSSR count). The third-order valence-electron chi connectivity index (χ3n) is 14.6. The minimum atomic E-state index is -1.58. The summed E-state index contributed by atoms with van der Waals surface area (Å²) in [5, 5.41) is 39.7. The summed E-state index contributed by atoms with van der Waals surface area (Å²) >= 11 is 0.